The van der Waals surface area contributed by atoms with Gasteiger partial charge in [-0.3, -0.25) is 9.80 Å². The van der Waals surface area contributed by atoms with E-state index in [1.165, 1.54) is 143 Å². The van der Waals surface area contributed by atoms with Gasteiger partial charge in [0.25, 0.3) is 0 Å². The van der Waals surface area contributed by atoms with Gasteiger partial charge in [-0.1, -0.05) is 131 Å². The standard InChI is InChI=1S/C22H24N2.C20H28N2.C18H23N3.C17H21N3.C14H23N3/c1-15-21(2)14-22(3,18-11-7-6-10-17(18)21)24(15)20-13-16-9-5-8-12-19(16)23(20)4;1-13-14(2)20(5)12-19(13,4)15(3)22(20)18-11-16-9-7-8-10-17(16)21(18)6;1-13-20(3)16-10-11-17(15-8-5-4-7-14(15)16)21(13)18-9-6-12-19(18)2;1-13-19-11-9-15(12-14-6-3-4-7-16(14)19)20(13)17-8-5-10-18(17)2;1-11-16(3)12-6-8-13(9-7-12)17(11)14-5-4-10-15(14)2/h5-13,15H,14H2,1-4H3;7-11,13-15H,12H2,1-6H3;4-9,12-13,16-17H,10-11H2,1-3H3;3-8,10,13,15H,9,11-12H2,1-2H3;4-5,10-13H,6-9H2,1-3H3. The minimum absolute atomic E-state index is 0.0763. The third kappa shape index (κ3) is 10.8. The summed E-state index contributed by atoms with van der Waals surface area (Å²) in [5.41, 5.74) is 12.7. The second-order valence-corrected chi connectivity index (χ2v) is 34.4. The van der Waals surface area contributed by atoms with Crippen molar-refractivity contribution in [3.8, 4) is 0 Å². The second-order valence-electron chi connectivity index (χ2n) is 34.4. The van der Waals surface area contributed by atoms with Gasteiger partial charge in [0.2, 0.25) is 0 Å². The number of rotatable bonds is 5. The Morgan fingerprint density at radius 2 is 0.875 bits per heavy atom. The highest BCUT2D eigenvalue weighted by Crippen LogP contribution is 2.65. The molecule has 10 aromatic rings. The molecule has 8 fully saturated rings. The maximum Gasteiger partial charge on any atom is 0.110 e. The van der Waals surface area contributed by atoms with E-state index in [1.54, 1.807) is 5.56 Å². The van der Waals surface area contributed by atoms with Crippen LogP contribution in [0.2, 0.25) is 0 Å². The summed E-state index contributed by atoms with van der Waals surface area (Å²) in [5.74, 6) is 8.27. The number of fused-ring (bicyclic) bond motifs is 18. The summed E-state index contributed by atoms with van der Waals surface area (Å²) < 4.78 is 11.5. The molecule has 5 aromatic heterocycles. The summed E-state index contributed by atoms with van der Waals surface area (Å²) in [4.78, 5) is 20.9. The lowest BCUT2D eigenvalue weighted by Gasteiger charge is -2.50. The van der Waals surface area contributed by atoms with E-state index >= 15 is 0 Å². The second kappa shape index (κ2) is 26.4. The summed E-state index contributed by atoms with van der Waals surface area (Å²) in [6.07, 6.45) is 20.6. The Morgan fingerprint density at radius 3 is 1.45 bits per heavy atom. The predicted octanol–water partition coefficient (Wildman–Crippen LogP) is 18.9. The van der Waals surface area contributed by atoms with Crippen molar-refractivity contribution >= 4 is 56.6 Å². The molecule has 4 aliphatic carbocycles. The van der Waals surface area contributed by atoms with Crippen LogP contribution in [0, 0.1) is 17.3 Å². The minimum atomic E-state index is 0.0763. The zero-order valence-corrected chi connectivity index (χ0v) is 65.9. The van der Waals surface area contributed by atoms with E-state index in [-0.39, 0.29) is 16.5 Å². The molecule has 0 spiro atoms. The molecule has 9 aliphatic heterocycles. The summed E-state index contributed by atoms with van der Waals surface area (Å²) in [7, 11) is 15.4. The van der Waals surface area contributed by atoms with Gasteiger partial charge in [0.15, 0.2) is 0 Å². The molecule has 13 nitrogen and oxygen atoms in total. The molecule has 13 heteroatoms. The number of para-hydroxylation sites is 3. The number of aromatic nitrogens is 5. The van der Waals surface area contributed by atoms with Crippen LogP contribution in [-0.2, 0) is 52.6 Å². The smallest absolute Gasteiger partial charge is 0.110 e. The van der Waals surface area contributed by atoms with E-state index in [9.17, 15) is 0 Å². The first kappa shape index (κ1) is 70.1. The van der Waals surface area contributed by atoms with Crippen LogP contribution in [0.1, 0.15) is 174 Å². The molecular weight excluding hydrogens is 1280 g/mol. The molecule has 14 unspecified atom stereocenters. The molecule has 14 heterocycles. The van der Waals surface area contributed by atoms with E-state index in [0.717, 1.165) is 30.3 Å². The van der Waals surface area contributed by atoms with Crippen LogP contribution in [0.15, 0.2) is 188 Å². The number of piperidine rings is 1. The molecule has 104 heavy (non-hydrogen) atoms. The molecular formula is C91H119N13. The Morgan fingerprint density at radius 1 is 0.385 bits per heavy atom. The molecule has 23 rings (SSSR count). The lowest BCUT2D eigenvalue weighted by atomic mass is 9.71. The molecule has 548 valence electrons. The van der Waals surface area contributed by atoms with Crippen LogP contribution < -0.4 is 29.4 Å². The third-order valence-corrected chi connectivity index (χ3v) is 29.5. The predicted molar refractivity (Wildman–Crippen MR) is 436 cm³/mol. The Bertz CT molecular complexity index is 4740. The molecule has 10 bridgehead atoms. The van der Waals surface area contributed by atoms with Crippen molar-refractivity contribution in [3.63, 3.8) is 0 Å². The molecule has 6 saturated heterocycles. The Hall–Kier alpha value is -8.26. The van der Waals surface area contributed by atoms with Gasteiger partial charge in [-0.15, -0.1) is 0 Å². The lowest BCUT2D eigenvalue weighted by Crippen LogP contribution is -2.56. The lowest BCUT2D eigenvalue weighted by molar-refractivity contribution is 0.147. The summed E-state index contributed by atoms with van der Waals surface area (Å²) >= 11 is 0. The summed E-state index contributed by atoms with van der Waals surface area (Å²) in [5, 5.41) is 2.68. The van der Waals surface area contributed by atoms with Crippen LogP contribution in [0.5, 0.6) is 0 Å². The first-order chi connectivity index (χ1) is 49.9. The highest BCUT2D eigenvalue weighted by Gasteiger charge is 2.66. The van der Waals surface area contributed by atoms with E-state index in [0.29, 0.717) is 54.1 Å². The Kier molecular flexibility index (Phi) is 17.8. The van der Waals surface area contributed by atoms with Crippen molar-refractivity contribution in [1.29, 1.82) is 0 Å². The fourth-order valence-electron chi connectivity index (χ4n) is 23.2. The first-order valence-corrected chi connectivity index (χ1v) is 39.7. The Labute approximate surface area is 622 Å². The maximum absolute atomic E-state index is 2.73. The number of hydrogen-bond acceptors (Lipinski definition) is 8. The number of anilines is 6. The highest BCUT2D eigenvalue weighted by molar-refractivity contribution is 5.87. The molecule has 0 N–H and O–H groups in total. The van der Waals surface area contributed by atoms with Gasteiger partial charge in [0.1, 0.15) is 35.3 Å². The van der Waals surface area contributed by atoms with Crippen LogP contribution >= 0.6 is 0 Å². The Balaban J connectivity index is 0.000000101. The third-order valence-electron chi connectivity index (χ3n) is 29.5. The van der Waals surface area contributed by atoms with Crippen molar-refractivity contribution in [3.05, 3.63) is 216 Å². The summed E-state index contributed by atoms with van der Waals surface area (Å²) in [6.45, 7) is 27.8. The van der Waals surface area contributed by atoms with Crippen LogP contribution in [0.25, 0.3) is 21.8 Å². The van der Waals surface area contributed by atoms with Crippen molar-refractivity contribution in [2.24, 2.45) is 52.5 Å². The van der Waals surface area contributed by atoms with Crippen molar-refractivity contribution < 1.29 is 0 Å². The number of hydrogen-bond donors (Lipinski definition) is 0. The van der Waals surface area contributed by atoms with E-state index in [4.69, 9.17) is 0 Å². The number of benzene rings is 5. The summed E-state index contributed by atoms with van der Waals surface area (Å²) in [6, 6.07) is 66.6. The van der Waals surface area contributed by atoms with Crippen molar-refractivity contribution in [1.82, 2.24) is 32.6 Å². The first-order valence-electron chi connectivity index (χ1n) is 39.7. The minimum Gasteiger partial charge on any atom is -0.351 e. The zero-order valence-electron chi connectivity index (χ0n) is 65.9. The van der Waals surface area contributed by atoms with Gasteiger partial charge in [-0.25, -0.2) is 0 Å². The molecule has 14 atom stereocenters. The average Bonchev–Trinajstić information content (AvgIpc) is 1.52. The maximum atomic E-state index is 2.73. The van der Waals surface area contributed by atoms with Gasteiger partial charge in [-0.2, -0.15) is 0 Å². The average molecular weight is 1400 g/mol. The van der Waals surface area contributed by atoms with Gasteiger partial charge < -0.3 is 52.2 Å². The monoisotopic (exact) mass is 1390 g/mol. The van der Waals surface area contributed by atoms with E-state index in [2.05, 4.69) is 376 Å². The number of aryl methyl sites for hydroxylation is 5. The largest absolute Gasteiger partial charge is 0.351 e. The molecule has 0 amide bonds. The number of nitrogens with zero attached hydrogens (tertiary/aromatic N) is 13. The fourth-order valence-corrected chi connectivity index (χ4v) is 23.2. The van der Waals surface area contributed by atoms with Crippen LogP contribution in [-0.4, -0.2) is 108 Å². The van der Waals surface area contributed by atoms with Crippen LogP contribution in [0.4, 0.5) is 34.8 Å². The van der Waals surface area contributed by atoms with Gasteiger partial charge in [0, 0.05) is 135 Å². The molecule has 13 aliphatic rings. The molecule has 5 aromatic carbocycles. The zero-order chi connectivity index (χ0) is 72.8. The highest BCUT2D eigenvalue weighted by atomic mass is 15.4. The van der Waals surface area contributed by atoms with Gasteiger partial charge in [0.05, 0.1) is 23.9 Å². The van der Waals surface area contributed by atoms with Crippen LogP contribution in [0.3, 0.4) is 0 Å². The molecule has 2 saturated carbocycles. The SMILES string of the molecule is CC1C(C)C2(C)CC1(C)C(C)N2c1cc2ccccc2n1C.CC1N(C)C2CCC(CC2)N1c1cccn1C.CC1N(C)C2CCC(c3ccccc32)N1c1cccn1C.CC1N(c2cc3ccccc3n2C)C2(C)CC1(C)c1ccccc12.CC1N2CCC(Cc3ccccc32)N1c1cccn1C. The normalized spacial score (nSPS) is 31.9. The van der Waals surface area contributed by atoms with E-state index in [1.807, 2.05) is 0 Å². The topological polar surface area (TPSA) is 50.6 Å². The van der Waals surface area contributed by atoms with E-state index < -0.39 is 0 Å². The van der Waals surface area contributed by atoms with Gasteiger partial charge >= 0.3 is 0 Å². The van der Waals surface area contributed by atoms with Crippen molar-refractivity contribution in [2.75, 3.05) is 50.0 Å². The van der Waals surface area contributed by atoms with Gasteiger partial charge in [-0.05, 0) is 239 Å². The fraction of sp³-hybridized carbons (Fsp3) is 0.495. The quantitative estimate of drug-likeness (QED) is 0.169. The molecule has 0 radical (unpaired) electrons. The van der Waals surface area contributed by atoms with Crippen molar-refractivity contribution in [2.45, 2.75) is 218 Å².